The number of Topliss-reactive ketones (excluding diaryl/α,β-unsaturated/α-hetero) is 1. The molecule has 1 aliphatic carbocycles. The Kier molecular flexibility index (Phi) is 2.52. The molecule has 1 aliphatic heterocycles. The summed E-state index contributed by atoms with van der Waals surface area (Å²) in [5.74, 6) is -2.26. The van der Waals surface area contributed by atoms with E-state index in [1.165, 1.54) is 0 Å². The Hall–Kier alpha value is -2.17. The van der Waals surface area contributed by atoms with Crippen LogP contribution < -0.4 is 4.74 Å². The molecule has 2 N–H and O–H groups in total. The van der Waals surface area contributed by atoms with E-state index >= 15 is 0 Å². The third-order valence-corrected chi connectivity index (χ3v) is 4.82. The van der Waals surface area contributed by atoms with E-state index in [1.54, 1.807) is 36.4 Å². The Bertz CT molecular complexity index is 849. The molecule has 2 unspecified atom stereocenters. The minimum absolute atomic E-state index is 0.300. The van der Waals surface area contributed by atoms with Gasteiger partial charge in [-0.25, -0.2) is 0 Å². The normalized spacial score (nSPS) is 28.1. The zero-order valence-electron chi connectivity index (χ0n) is 13.3. The number of benzene rings is 2. The number of para-hydroxylation sites is 1. The topological polar surface area (TPSA) is 66.8 Å². The quantitative estimate of drug-likeness (QED) is 0.785. The third-order valence-electron chi connectivity index (χ3n) is 4.82. The first-order valence-electron chi connectivity index (χ1n) is 7.63. The summed E-state index contributed by atoms with van der Waals surface area (Å²) in [5, 5.41) is 22.3. The number of hydrogen-bond acceptors (Lipinski definition) is 4. The maximum atomic E-state index is 13.1. The van der Waals surface area contributed by atoms with E-state index in [9.17, 15) is 15.0 Å². The fraction of sp³-hybridized carbons (Fsp3) is 0.316. The fourth-order valence-corrected chi connectivity index (χ4v) is 3.68. The molecule has 0 fully saturated rings. The van der Waals surface area contributed by atoms with E-state index in [1.807, 2.05) is 26.8 Å². The van der Waals surface area contributed by atoms with Crippen molar-refractivity contribution in [2.24, 2.45) is 0 Å². The van der Waals surface area contributed by atoms with Crippen LogP contribution in [0.4, 0.5) is 0 Å². The van der Waals surface area contributed by atoms with Gasteiger partial charge in [0.1, 0.15) is 5.75 Å². The van der Waals surface area contributed by atoms with Gasteiger partial charge in [0, 0.05) is 16.7 Å². The van der Waals surface area contributed by atoms with Crippen molar-refractivity contribution in [2.45, 2.75) is 37.6 Å². The molecule has 0 saturated carbocycles. The molecule has 2 aromatic carbocycles. The number of ketones is 1. The average molecular weight is 310 g/mol. The first-order chi connectivity index (χ1) is 10.7. The summed E-state index contributed by atoms with van der Waals surface area (Å²) in [5.41, 5.74) is -0.617. The summed E-state index contributed by atoms with van der Waals surface area (Å²) in [6.45, 7) is 5.98. The highest BCUT2D eigenvalue weighted by atomic mass is 16.7. The number of aliphatic hydroxyl groups is 2. The largest absolute Gasteiger partial charge is 0.454 e. The molecule has 0 spiro atoms. The van der Waals surface area contributed by atoms with Crippen molar-refractivity contribution in [3.8, 4) is 5.75 Å². The van der Waals surface area contributed by atoms with Gasteiger partial charge in [-0.15, -0.1) is 0 Å². The van der Waals surface area contributed by atoms with Crippen molar-refractivity contribution in [1.82, 2.24) is 0 Å². The molecule has 2 aromatic rings. The van der Waals surface area contributed by atoms with E-state index < -0.39 is 17.2 Å². The molecule has 2 atom stereocenters. The Labute approximate surface area is 134 Å². The number of carbonyl (C=O) groups is 1. The summed E-state index contributed by atoms with van der Waals surface area (Å²) in [6.07, 6.45) is 0. The third kappa shape index (κ3) is 1.50. The van der Waals surface area contributed by atoms with Crippen LogP contribution in [0.25, 0.3) is 0 Å². The predicted octanol–water partition coefficient (Wildman–Crippen LogP) is 2.61. The van der Waals surface area contributed by atoms with E-state index in [-0.39, 0.29) is 5.41 Å². The monoisotopic (exact) mass is 310 g/mol. The van der Waals surface area contributed by atoms with Crippen LogP contribution in [0, 0.1) is 0 Å². The first-order valence-corrected chi connectivity index (χ1v) is 7.63. The minimum Gasteiger partial charge on any atom is -0.454 e. The van der Waals surface area contributed by atoms with Crippen LogP contribution in [0.1, 0.15) is 47.8 Å². The van der Waals surface area contributed by atoms with Gasteiger partial charge in [0.25, 0.3) is 5.79 Å². The molecule has 118 valence electrons. The SMILES string of the molecule is CC(C)(C)c1cccc2c1C(=O)C1(O)c3ccccc3OC21O. The van der Waals surface area contributed by atoms with Crippen molar-refractivity contribution >= 4 is 5.78 Å². The van der Waals surface area contributed by atoms with Gasteiger partial charge in [0.15, 0.2) is 0 Å². The highest BCUT2D eigenvalue weighted by molar-refractivity contribution is 6.10. The number of ether oxygens (including phenoxy) is 1. The number of rotatable bonds is 0. The second-order valence-electron chi connectivity index (χ2n) is 7.26. The Balaban J connectivity index is 2.05. The number of carbonyl (C=O) groups excluding carboxylic acids is 1. The lowest BCUT2D eigenvalue weighted by atomic mass is 9.81. The van der Waals surface area contributed by atoms with Crippen molar-refractivity contribution in [1.29, 1.82) is 0 Å². The number of fused-ring (bicyclic) bond motifs is 5. The van der Waals surface area contributed by atoms with Crippen LogP contribution in [0.2, 0.25) is 0 Å². The van der Waals surface area contributed by atoms with E-state index in [2.05, 4.69) is 0 Å². The van der Waals surface area contributed by atoms with Crippen LogP contribution in [0.5, 0.6) is 5.75 Å². The smallest absolute Gasteiger partial charge is 0.276 e. The molecular weight excluding hydrogens is 292 g/mol. The molecule has 0 amide bonds. The molecule has 23 heavy (non-hydrogen) atoms. The average Bonchev–Trinajstić information content (AvgIpc) is 2.83. The van der Waals surface area contributed by atoms with Gasteiger partial charge in [-0.3, -0.25) is 4.79 Å². The zero-order chi connectivity index (χ0) is 16.6. The van der Waals surface area contributed by atoms with Crippen LogP contribution in [-0.4, -0.2) is 16.0 Å². The zero-order valence-corrected chi connectivity index (χ0v) is 13.3. The summed E-state index contributed by atoms with van der Waals surface area (Å²) in [4.78, 5) is 13.1. The fourth-order valence-electron chi connectivity index (χ4n) is 3.68. The maximum absolute atomic E-state index is 13.1. The summed E-state index contributed by atoms with van der Waals surface area (Å²) >= 11 is 0. The molecule has 4 nitrogen and oxygen atoms in total. The highest BCUT2D eigenvalue weighted by Crippen LogP contribution is 2.58. The molecule has 4 heteroatoms. The summed E-state index contributed by atoms with van der Waals surface area (Å²) < 4.78 is 5.67. The number of hydrogen-bond donors (Lipinski definition) is 2. The van der Waals surface area contributed by atoms with Crippen LogP contribution in [-0.2, 0) is 16.8 Å². The molecule has 2 aliphatic rings. The van der Waals surface area contributed by atoms with Gasteiger partial charge in [0.05, 0.1) is 0 Å². The molecular formula is C19H18O4. The molecule has 0 saturated heterocycles. The van der Waals surface area contributed by atoms with Crippen LogP contribution >= 0.6 is 0 Å². The standard InChI is InChI=1S/C19H18O4/c1-17(2,3)12-8-6-9-13-15(12)16(20)18(21)11-7-4-5-10-14(11)23-19(13,18)22/h4-10,21-22H,1-3H3. The van der Waals surface area contributed by atoms with Crippen molar-refractivity contribution < 1.29 is 19.7 Å². The van der Waals surface area contributed by atoms with Gasteiger partial charge < -0.3 is 14.9 Å². The molecule has 0 aromatic heterocycles. The molecule has 1 heterocycles. The van der Waals surface area contributed by atoms with Gasteiger partial charge >= 0.3 is 0 Å². The lowest BCUT2D eigenvalue weighted by Crippen LogP contribution is -2.48. The van der Waals surface area contributed by atoms with Crippen LogP contribution in [0.15, 0.2) is 42.5 Å². The van der Waals surface area contributed by atoms with E-state index in [0.29, 0.717) is 22.4 Å². The molecule has 4 rings (SSSR count). The molecule has 0 radical (unpaired) electrons. The van der Waals surface area contributed by atoms with Crippen molar-refractivity contribution in [3.05, 3.63) is 64.7 Å². The Morgan fingerprint density at radius 1 is 0.957 bits per heavy atom. The van der Waals surface area contributed by atoms with Gasteiger partial charge in [0.2, 0.25) is 11.4 Å². The van der Waals surface area contributed by atoms with E-state index in [4.69, 9.17) is 4.74 Å². The molecule has 0 bridgehead atoms. The van der Waals surface area contributed by atoms with Gasteiger partial charge in [-0.2, -0.15) is 0 Å². The summed E-state index contributed by atoms with van der Waals surface area (Å²) in [6, 6.07) is 12.0. The van der Waals surface area contributed by atoms with E-state index in [0.717, 1.165) is 5.56 Å². The minimum atomic E-state index is -2.10. The predicted molar refractivity (Wildman–Crippen MR) is 84.3 cm³/mol. The Morgan fingerprint density at radius 3 is 2.30 bits per heavy atom. The highest BCUT2D eigenvalue weighted by Gasteiger charge is 2.70. The van der Waals surface area contributed by atoms with Crippen LogP contribution in [0.3, 0.4) is 0 Å². The van der Waals surface area contributed by atoms with Gasteiger partial charge in [-0.05, 0) is 17.0 Å². The lowest BCUT2D eigenvalue weighted by Gasteiger charge is -2.28. The first kappa shape index (κ1) is 14.4. The Morgan fingerprint density at radius 2 is 1.61 bits per heavy atom. The second kappa shape index (κ2) is 4.02. The lowest BCUT2D eigenvalue weighted by molar-refractivity contribution is -0.224. The van der Waals surface area contributed by atoms with Crippen molar-refractivity contribution in [3.63, 3.8) is 0 Å². The van der Waals surface area contributed by atoms with Crippen molar-refractivity contribution in [2.75, 3.05) is 0 Å². The maximum Gasteiger partial charge on any atom is 0.276 e. The van der Waals surface area contributed by atoms with Gasteiger partial charge in [-0.1, -0.05) is 57.2 Å². The second-order valence-corrected chi connectivity index (χ2v) is 7.26. The summed E-state index contributed by atoms with van der Waals surface area (Å²) in [7, 11) is 0.